The van der Waals surface area contributed by atoms with Gasteiger partial charge in [0.15, 0.2) is 6.29 Å². The first-order valence-corrected chi connectivity index (χ1v) is 21.1. The summed E-state index contributed by atoms with van der Waals surface area (Å²) < 4.78 is 19.0. The number of rotatable bonds is 15. The van der Waals surface area contributed by atoms with E-state index in [4.69, 9.17) is 14.2 Å². The Hall–Kier alpha value is -6.43. The van der Waals surface area contributed by atoms with Crippen molar-refractivity contribution < 1.29 is 33.7 Å². The lowest BCUT2D eigenvalue weighted by Gasteiger charge is -2.43. The molecule has 0 saturated carbocycles. The lowest BCUT2D eigenvalue weighted by Crippen LogP contribution is -2.44. The number of nitrogens with one attached hydrogen (secondary N) is 1. The number of imide groups is 1. The van der Waals surface area contributed by atoms with Crippen molar-refractivity contribution in [2.45, 2.75) is 70.7 Å². The molecule has 0 aromatic heterocycles. The lowest BCUT2D eigenvalue weighted by atomic mass is 9.89. The molecule has 2 N–H and O–H groups in total. The largest absolute Gasteiger partial charge is 0.445 e. The minimum atomic E-state index is -0.983. The van der Waals surface area contributed by atoms with Crippen LogP contribution in [0.5, 0.6) is 0 Å². The van der Waals surface area contributed by atoms with E-state index in [1.807, 2.05) is 115 Å². The van der Waals surface area contributed by atoms with Gasteiger partial charge >= 0.3 is 6.09 Å². The zero-order valence-electron chi connectivity index (χ0n) is 34.7. The van der Waals surface area contributed by atoms with Crippen molar-refractivity contribution >= 4 is 17.9 Å². The van der Waals surface area contributed by atoms with Gasteiger partial charge in [0.2, 0.25) is 5.91 Å². The van der Waals surface area contributed by atoms with Crippen molar-refractivity contribution in [3.63, 3.8) is 0 Å². The van der Waals surface area contributed by atoms with Crippen LogP contribution >= 0.6 is 0 Å². The molecule has 0 aliphatic carbocycles. The quantitative estimate of drug-likeness (QED) is 0.0987. The Labute approximate surface area is 362 Å². The molecule has 8 rings (SSSR count). The summed E-state index contributed by atoms with van der Waals surface area (Å²) in [4.78, 5) is 42.4. The smallest absolute Gasteiger partial charge is 0.408 e. The van der Waals surface area contributed by atoms with Gasteiger partial charge in [0.1, 0.15) is 12.6 Å². The number of alkyl carbamates (subject to hydrolysis) is 1. The van der Waals surface area contributed by atoms with E-state index in [1.54, 1.807) is 0 Å². The highest BCUT2D eigenvalue weighted by Gasteiger charge is 2.41. The number of likely N-dealkylation sites (tertiary alicyclic amines) is 1. The van der Waals surface area contributed by atoms with E-state index in [0.29, 0.717) is 6.54 Å². The minimum absolute atomic E-state index is 0.0103. The molecule has 5 atom stereocenters. The SMILES string of the molecule is C[C@H]1[C@@H](CN(Cc2ccccc2)Cc2ccccc2)O[C@@H](c2ccc(-c3cccc(CN4C(=O)CC(NC(=O)OCc5ccccc5)C4=O)c3)cc2)O[C@H]1c1ccc(CO)cc1. The van der Waals surface area contributed by atoms with Gasteiger partial charge < -0.3 is 24.6 Å². The summed E-state index contributed by atoms with van der Waals surface area (Å²) in [6.07, 6.45) is -1.95. The number of ether oxygens (including phenoxy) is 3. The third-order valence-electron chi connectivity index (χ3n) is 11.6. The number of carbonyl (C=O) groups excluding carboxylic acids is 3. The van der Waals surface area contributed by atoms with Crippen molar-refractivity contribution in [1.29, 1.82) is 0 Å². The molecule has 62 heavy (non-hydrogen) atoms. The maximum atomic E-state index is 13.3. The first kappa shape index (κ1) is 42.3. The van der Waals surface area contributed by atoms with Crippen molar-refractivity contribution in [3.05, 3.63) is 203 Å². The zero-order chi connectivity index (χ0) is 42.8. The Morgan fingerprint density at radius 3 is 1.92 bits per heavy atom. The van der Waals surface area contributed by atoms with Crippen LogP contribution in [0.1, 0.15) is 64.7 Å². The highest BCUT2D eigenvalue weighted by atomic mass is 16.7. The molecule has 2 fully saturated rings. The van der Waals surface area contributed by atoms with Crippen LogP contribution in [0, 0.1) is 5.92 Å². The number of carbonyl (C=O) groups is 3. The van der Waals surface area contributed by atoms with Crippen molar-refractivity contribution in [3.8, 4) is 11.1 Å². The molecule has 6 aromatic rings. The molecule has 1 unspecified atom stereocenters. The predicted molar refractivity (Wildman–Crippen MR) is 236 cm³/mol. The molecule has 0 bridgehead atoms. The molecule has 10 nitrogen and oxygen atoms in total. The summed E-state index contributed by atoms with van der Waals surface area (Å²) in [5.74, 6) is -0.812. The normalized spacial score (nSPS) is 20.0. The summed E-state index contributed by atoms with van der Waals surface area (Å²) in [6.45, 7) is 4.50. The van der Waals surface area contributed by atoms with E-state index in [0.717, 1.165) is 52.0 Å². The van der Waals surface area contributed by atoms with Crippen molar-refractivity contribution in [1.82, 2.24) is 15.1 Å². The molecule has 0 spiro atoms. The second-order valence-electron chi connectivity index (χ2n) is 16.1. The van der Waals surface area contributed by atoms with E-state index in [9.17, 15) is 19.5 Å². The topological polar surface area (TPSA) is 118 Å². The highest BCUT2D eigenvalue weighted by Crippen LogP contribution is 2.42. The second kappa shape index (κ2) is 20.0. The van der Waals surface area contributed by atoms with Gasteiger partial charge in [-0.3, -0.25) is 19.4 Å². The van der Waals surface area contributed by atoms with Gasteiger partial charge in [-0.25, -0.2) is 4.79 Å². The van der Waals surface area contributed by atoms with Gasteiger partial charge in [-0.2, -0.15) is 0 Å². The molecule has 2 aliphatic rings. The number of hydrogen-bond donors (Lipinski definition) is 2. The summed E-state index contributed by atoms with van der Waals surface area (Å²) in [6, 6.07) is 53.1. The van der Waals surface area contributed by atoms with Gasteiger partial charge in [0.05, 0.1) is 31.8 Å². The summed E-state index contributed by atoms with van der Waals surface area (Å²) >= 11 is 0. The fourth-order valence-corrected chi connectivity index (χ4v) is 8.18. The molecule has 10 heteroatoms. The van der Waals surface area contributed by atoms with E-state index in [2.05, 4.69) is 65.7 Å². The van der Waals surface area contributed by atoms with Crippen LogP contribution in [-0.2, 0) is 56.6 Å². The molecule has 2 saturated heterocycles. The number of benzene rings is 6. The molecule has 0 radical (unpaired) electrons. The van der Waals surface area contributed by atoms with Crippen LogP contribution in [0.3, 0.4) is 0 Å². The summed E-state index contributed by atoms with van der Waals surface area (Å²) in [5.41, 5.74) is 8.67. The molecule has 6 aromatic carbocycles. The Bertz CT molecular complexity index is 2370. The molecular formula is C52H51N3O7. The van der Waals surface area contributed by atoms with Gasteiger partial charge in [0, 0.05) is 31.1 Å². The first-order valence-electron chi connectivity index (χ1n) is 21.1. The maximum Gasteiger partial charge on any atom is 0.408 e. The van der Waals surface area contributed by atoms with Crippen LogP contribution in [0.2, 0.25) is 0 Å². The molecule has 2 heterocycles. The van der Waals surface area contributed by atoms with E-state index >= 15 is 0 Å². The van der Waals surface area contributed by atoms with E-state index < -0.39 is 24.3 Å². The Morgan fingerprint density at radius 1 is 0.694 bits per heavy atom. The third-order valence-corrected chi connectivity index (χ3v) is 11.6. The third kappa shape index (κ3) is 10.5. The van der Waals surface area contributed by atoms with Crippen LogP contribution in [0.4, 0.5) is 4.79 Å². The summed E-state index contributed by atoms with van der Waals surface area (Å²) in [5, 5.41) is 12.3. The number of hydrogen-bond acceptors (Lipinski definition) is 8. The van der Waals surface area contributed by atoms with Crippen LogP contribution < -0.4 is 5.32 Å². The van der Waals surface area contributed by atoms with E-state index in [1.165, 1.54) is 16.0 Å². The zero-order valence-corrected chi connectivity index (χ0v) is 34.7. The first-order chi connectivity index (χ1) is 30.3. The number of nitrogens with zero attached hydrogens (tertiary/aromatic N) is 2. The molecule has 316 valence electrons. The Morgan fingerprint density at radius 2 is 1.29 bits per heavy atom. The molecule has 2 aliphatic heterocycles. The fourth-order valence-electron chi connectivity index (χ4n) is 8.18. The maximum absolute atomic E-state index is 13.3. The average Bonchev–Trinajstić information content (AvgIpc) is 3.57. The molecule has 3 amide bonds. The van der Waals surface area contributed by atoms with Crippen LogP contribution in [-0.4, -0.2) is 51.5 Å². The Balaban J connectivity index is 0.967. The number of aliphatic hydroxyl groups is 1. The monoisotopic (exact) mass is 829 g/mol. The summed E-state index contributed by atoms with van der Waals surface area (Å²) in [7, 11) is 0. The van der Waals surface area contributed by atoms with Crippen molar-refractivity contribution in [2.75, 3.05) is 6.54 Å². The van der Waals surface area contributed by atoms with E-state index in [-0.39, 0.29) is 50.2 Å². The highest BCUT2D eigenvalue weighted by molar-refractivity contribution is 6.06. The van der Waals surface area contributed by atoms with Gasteiger partial charge in [-0.1, -0.05) is 165 Å². The lowest BCUT2D eigenvalue weighted by molar-refractivity contribution is -0.276. The standard InChI is InChI=1S/C52H51N3O7/c1-36-47(33-54(30-37-12-5-2-6-13-37)31-38-14-7-3-8-15-38)61-51(62-49(36)43-22-20-39(34-56)21-23-43)44-26-24-42(25-27-44)45-19-11-18-41(28-45)32-55-48(57)29-46(50(55)58)53-52(59)60-35-40-16-9-4-10-17-40/h2-28,36,46-47,49,51,56H,29-35H2,1H3,(H,53,59)/t36-,46?,47+,49+,51+/m0/s1. The number of aliphatic hydroxyl groups excluding tert-OH is 1. The number of amides is 3. The second-order valence-corrected chi connectivity index (χ2v) is 16.1. The van der Waals surface area contributed by atoms with Gasteiger partial charge in [-0.05, 0) is 50.6 Å². The van der Waals surface area contributed by atoms with Crippen LogP contribution in [0.15, 0.2) is 164 Å². The van der Waals surface area contributed by atoms with Gasteiger partial charge in [0.25, 0.3) is 5.91 Å². The Kier molecular flexibility index (Phi) is 13.6. The predicted octanol–water partition coefficient (Wildman–Crippen LogP) is 8.89. The molecular weight excluding hydrogens is 779 g/mol. The van der Waals surface area contributed by atoms with Crippen LogP contribution in [0.25, 0.3) is 11.1 Å². The van der Waals surface area contributed by atoms with Crippen molar-refractivity contribution in [2.24, 2.45) is 5.92 Å². The van der Waals surface area contributed by atoms with Gasteiger partial charge in [-0.15, -0.1) is 0 Å². The average molecular weight is 830 g/mol. The fraction of sp³-hybridized carbons (Fsp3) is 0.250. The minimum Gasteiger partial charge on any atom is -0.445 e.